The molecule has 0 saturated carbocycles. The van der Waals surface area contributed by atoms with Crippen molar-refractivity contribution in [2.24, 2.45) is 5.92 Å². The van der Waals surface area contributed by atoms with Crippen LogP contribution in [0.25, 0.3) is 10.1 Å². The van der Waals surface area contributed by atoms with Crippen LogP contribution in [0.5, 0.6) is 0 Å². The van der Waals surface area contributed by atoms with Gasteiger partial charge in [-0.1, -0.05) is 18.2 Å². The number of rotatable bonds is 2. The number of benzene rings is 1. The van der Waals surface area contributed by atoms with Crippen molar-refractivity contribution >= 4 is 27.3 Å². The van der Waals surface area contributed by atoms with E-state index < -0.39 is 0 Å². The van der Waals surface area contributed by atoms with Gasteiger partial charge in [0.05, 0.1) is 11.0 Å². The van der Waals surface area contributed by atoms with E-state index in [1.165, 1.54) is 10.1 Å². The Morgan fingerprint density at radius 1 is 1.45 bits per heavy atom. The van der Waals surface area contributed by atoms with Crippen LogP contribution in [0.2, 0.25) is 0 Å². The smallest absolute Gasteiger partial charge is 0.264 e. The van der Waals surface area contributed by atoms with E-state index in [0.717, 1.165) is 23.4 Å². The van der Waals surface area contributed by atoms with Crippen LogP contribution < -0.4 is 0 Å². The number of amides is 1. The zero-order valence-electron chi connectivity index (χ0n) is 11.8. The Balaban J connectivity index is 1.88. The van der Waals surface area contributed by atoms with Crippen LogP contribution in [-0.4, -0.2) is 35.1 Å². The molecule has 0 radical (unpaired) electrons. The highest BCUT2D eigenvalue weighted by Crippen LogP contribution is 2.32. The van der Waals surface area contributed by atoms with Gasteiger partial charge in [-0.25, -0.2) is 0 Å². The molecule has 3 rings (SSSR count). The van der Waals surface area contributed by atoms with E-state index in [2.05, 4.69) is 12.1 Å². The first-order chi connectivity index (χ1) is 9.58. The SMILES string of the molecule is Cc1c(C(=O)N2CCC(C(C)O)C2)sc2ccccc12. The predicted molar refractivity (Wildman–Crippen MR) is 82.3 cm³/mol. The van der Waals surface area contributed by atoms with Gasteiger partial charge in [0, 0.05) is 23.7 Å². The third-order valence-electron chi connectivity index (χ3n) is 4.23. The molecule has 1 N–H and O–H groups in total. The first-order valence-electron chi connectivity index (χ1n) is 7.03. The third kappa shape index (κ3) is 2.23. The van der Waals surface area contributed by atoms with Gasteiger partial charge < -0.3 is 10.0 Å². The molecule has 2 heterocycles. The number of aliphatic hydroxyl groups is 1. The molecule has 20 heavy (non-hydrogen) atoms. The van der Waals surface area contributed by atoms with Crippen LogP contribution in [0.3, 0.4) is 0 Å². The van der Waals surface area contributed by atoms with Crippen molar-refractivity contribution in [3.05, 3.63) is 34.7 Å². The lowest BCUT2D eigenvalue weighted by Gasteiger charge is -2.17. The number of carbonyl (C=O) groups excluding carboxylic acids is 1. The van der Waals surface area contributed by atoms with Crippen molar-refractivity contribution in [1.29, 1.82) is 0 Å². The molecule has 1 aromatic heterocycles. The van der Waals surface area contributed by atoms with Crippen molar-refractivity contribution in [1.82, 2.24) is 4.90 Å². The summed E-state index contributed by atoms with van der Waals surface area (Å²) in [6, 6.07) is 8.15. The number of aryl methyl sites for hydroxylation is 1. The van der Waals surface area contributed by atoms with Gasteiger partial charge in [0.1, 0.15) is 0 Å². The van der Waals surface area contributed by atoms with E-state index in [1.54, 1.807) is 11.3 Å². The van der Waals surface area contributed by atoms with Gasteiger partial charge in [0.2, 0.25) is 0 Å². The molecule has 2 aromatic rings. The molecule has 1 amide bonds. The number of hydrogen-bond donors (Lipinski definition) is 1. The summed E-state index contributed by atoms with van der Waals surface area (Å²) in [5.41, 5.74) is 1.08. The lowest BCUT2D eigenvalue weighted by atomic mass is 10.0. The zero-order valence-corrected chi connectivity index (χ0v) is 12.6. The van der Waals surface area contributed by atoms with Gasteiger partial charge in [0.25, 0.3) is 5.91 Å². The molecule has 106 valence electrons. The van der Waals surface area contributed by atoms with Crippen molar-refractivity contribution in [2.75, 3.05) is 13.1 Å². The fourth-order valence-corrected chi connectivity index (χ4v) is 4.06. The van der Waals surface area contributed by atoms with E-state index in [0.29, 0.717) is 6.54 Å². The molecule has 4 heteroatoms. The first kappa shape index (κ1) is 13.6. The topological polar surface area (TPSA) is 40.5 Å². The maximum Gasteiger partial charge on any atom is 0.264 e. The average Bonchev–Trinajstić information content (AvgIpc) is 3.04. The van der Waals surface area contributed by atoms with Gasteiger partial charge in [-0.15, -0.1) is 11.3 Å². The van der Waals surface area contributed by atoms with Crippen LogP contribution in [0.4, 0.5) is 0 Å². The summed E-state index contributed by atoms with van der Waals surface area (Å²) in [7, 11) is 0. The Bertz CT molecular complexity index is 647. The Kier molecular flexibility index (Phi) is 3.52. The van der Waals surface area contributed by atoms with Crippen molar-refractivity contribution in [2.45, 2.75) is 26.4 Å². The minimum Gasteiger partial charge on any atom is -0.393 e. The Morgan fingerprint density at radius 3 is 2.85 bits per heavy atom. The number of hydrogen-bond acceptors (Lipinski definition) is 3. The number of likely N-dealkylation sites (tertiary alicyclic amines) is 1. The molecule has 1 saturated heterocycles. The standard InChI is InChI=1S/C16H19NO2S/c1-10-13-5-3-4-6-14(13)20-15(10)16(19)17-8-7-12(9-17)11(2)18/h3-6,11-12,18H,7-9H2,1-2H3. The zero-order chi connectivity index (χ0) is 14.3. The summed E-state index contributed by atoms with van der Waals surface area (Å²) in [5, 5.41) is 10.8. The number of aliphatic hydroxyl groups excluding tert-OH is 1. The van der Waals surface area contributed by atoms with E-state index in [9.17, 15) is 9.90 Å². The minimum atomic E-state index is -0.337. The van der Waals surface area contributed by atoms with Gasteiger partial charge in [-0.05, 0) is 37.3 Å². The quantitative estimate of drug-likeness (QED) is 0.923. The molecule has 1 aromatic carbocycles. The summed E-state index contributed by atoms with van der Waals surface area (Å²) >= 11 is 1.57. The van der Waals surface area contributed by atoms with Crippen molar-refractivity contribution in [3.8, 4) is 0 Å². The van der Waals surface area contributed by atoms with Crippen LogP contribution in [0.15, 0.2) is 24.3 Å². The number of fused-ring (bicyclic) bond motifs is 1. The third-order valence-corrected chi connectivity index (χ3v) is 5.49. The van der Waals surface area contributed by atoms with Crippen molar-refractivity contribution < 1.29 is 9.90 Å². The van der Waals surface area contributed by atoms with Crippen LogP contribution >= 0.6 is 11.3 Å². The van der Waals surface area contributed by atoms with Crippen LogP contribution in [0, 0.1) is 12.8 Å². The molecule has 1 aliphatic heterocycles. The normalized spacial score (nSPS) is 20.6. The van der Waals surface area contributed by atoms with Crippen molar-refractivity contribution in [3.63, 3.8) is 0 Å². The molecule has 0 bridgehead atoms. The fourth-order valence-electron chi connectivity index (χ4n) is 2.89. The highest BCUT2D eigenvalue weighted by molar-refractivity contribution is 7.21. The fraction of sp³-hybridized carbons (Fsp3) is 0.438. The largest absolute Gasteiger partial charge is 0.393 e. The molecule has 1 fully saturated rings. The van der Waals surface area contributed by atoms with Crippen LogP contribution in [0.1, 0.15) is 28.6 Å². The maximum atomic E-state index is 12.7. The summed E-state index contributed by atoms with van der Waals surface area (Å²) in [6.07, 6.45) is 0.559. The van der Waals surface area contributed by atoms with Gasteiger partial charge in [0.15, 0.2) is 0 Å². The second-order valence-electron chi connectivity index (χ2n) is 5.59. The Labute approximate surface area is 122 Å². The molecule has 0 spiro atoms. The predicted octanol–water partition coefficient (Wildman–Crippen LogP) is 3.05. The molecule has 2 unspecified atom stereocenters. The number of nitrogens with zero attached hydrogens (tertiary/aromatic N) is 1. The highest BCUT2D eigenvalue weighted by atomic mass is 32.1. The molecule has 3 nitrogen and oxygen atoms in total. The second kappa shape index (κ2) is 5.19. The highest BCUT2D eigenvalue weighted by Gasteiger charge is 2.31. The summed E-state index contributed by atoms with van der Waals surface area (Å²) in [5.74, 6) is 0.334. The molecule has 2 atom stereocenters. The maximum absolute atomic E-state index is 12.7. The lowest BCUT2D eigenvalue weighted by Crippen LogP contribution is -2.30. The summed E-state index contributed by atoms with van der Waals surface area (Å²) in [4.78, 5) is 15.4. The monoisotopic (exact) mass is 289 g/mol. The van der Waals surface area contributed by atoms with Gasteiger partial charge >= 0.3 is 0 Å². The summed E-state index contributed by atoms with van der Waals surface area (Å²) in [6.45, 7) is 5.25. The second-order valence-corrected chi connectivity index (χ2v) is 6.65. The van der Waals surface area contributed by atoms with E-state index in [1.807, 2.05) is 30.9 Å². The molecular formula is C16H19NO2S. The molecule has 1 aliphatic rings. The van der Waals surface area contributed by atoms with E-state index in [4.69, 9.17) is 0 Å². The number of thiophene rings is 1. The first-order valence-corrected chi connectivity index (χ1v) is 7.85. The molecule has 0 aliphatic carbocycles. The molecular weight excluding hydrogens is 270 g/mol. The number of carbonyl (C=O) groups is 1. The lowest BCUT2D eigenvalue weighted by molar-refractivity contribution is 0.0766. The van der Waals surface area contributed by atoms with Gasteiger partial charge in [-0.3, -0.25) is 4.79 Å². The minimum absolute atomic E-state index is 0.117. The van der Waals surface area contributed by atoms with Crippen LogP contribution in [-0.2, 0) is 0 Å². The van der Waals surface area contributed by atoms with Gasteiger partial charge in [-0.2, -0.15) is 0 Å². The Morgan fingerprint density at radius 2 is 2.20 bits per heavy atom. The Hall–Kier alpha value is -1.39. The van der Waals surface area contributed by atoms with E-state index >= 15 is 0 Å². The average molecular weight is 289 g/mol. The van der Waals surface area contributed by atoms with E-state index in [-0.39, 0.29) is 17.9 Å². The summed E-state index contributed by atoms with van der Waals surface area (Å²) < 4.78 is 1.17.